The number of hydrogen-bond donors (Lipinski definition) is 1. The number of rotatable bonds is 3. The highest BCUT2D eigenvalue weighted by Gasteiger charge is 2.08. The van der Waals surface area contributed by atoms with E-state index in [1.807, 2.05) is 23.6 Å². The molecule has 0 saturated carbocycles. The van der Waals surface area contributed by atoms with Gasteiger partial charge in [-0.1, -0.05) is 6.07 Å². The first-order chi connectivity index (χ1) is 8.84. The van der Waals surface area contributed by atoms with E-state index in [1.54, 1.807) is 34.6 Å². The average molecular weight is 276 g/mol. The van der Waals surface area contributed by atoms with Gasteiger partial charge in [0.05, 0.1) is 17.4 Å². The summed E-state index contributed by atoms with van der Waals surface area (Å²) >= 11 is 6.73. The third-order valence-corrected chi connectivity index (χ3v) is 3.37. The van der Waals surface area contributed by atoms with Gasteiger partial charge in [0, 0.05) is 0 Å². The van der Waals surface area contributed by atoms with E-state index in [9.17, 15) is 0 Å². The van der Waals surface area contributed by atoms with Gasteiger partial charge in [-0.25, -0.2) is 5.10 Å². The molecule has 90 valence electrons. The van der Waals surface area contributed by atoms with Crippen LogP contribution in [0.1, 0.15) is 5.76 Å². The van der Waals surface area contributed by atoms with Crippen LogP contribution in [0.4, 0.5) is 0 Å². The van der Waals surface area contributed by atoms with Gasteiger partial charge in [-0.3, -0.25) is 0 Å². The van der Waals surface area contributed by atoms with Crippen LogP contribution in [0, 0.1) is 4.77 Å². The summed E-state index contributed by atoms with van der Waals surface area (Å²) in [6.07, 6.45) is 3.19. The smallest absolute Gasteiger partial charge is 0.216 e. The maximum absolute atomic E-state index is 5.18. The molecule has 3 heterocycles. The van der Waals surface area contributed by atoms with Crippen molar-refractivity contribution in [2.45, 2.75) is 0 Å². The zero-order valence-corrected chi connectivity index (χ0v) is 10.7. The van der Waals surface area contributed by atoms with E-state index < -0.39 is 0 Å². The highest BCUT2D eigenvalue weighted by Crippen LogP contribution is 2.22. The Morgan fingerprint density at radius 1 is 1.44 bits per heavy atom. The molecular formula is C11H8N4OS2. The van der Waals surface area contributed by atoms with Crippen molar-refractivity contribution >= 4 is 29.8 Å². The van der Waals surface area contributed by atoms with Crippen LogP contribution in [0.5, 0.6) is 0 Å². The SMILES string of the molecule is S=c1[nH]nc(-c2cccs2)n1/N=C/c1ccco1. The van der Waals surface area contributed by atoms with Crippen LogP contribution in [0.3, 0.4) is 0 Å². The third kappa shape index (κ3) is 2.05. The summed E-state index contributed by atoms with van der Waals surface area (Å²) in [5.41, 5.74) is 0. The van der Waals surface area contributed by atoms with Crippen molar-refractivity contribution in [2.24, 2.45) is 5.10 Å². The molecule has 0 unspecified atom stereocenters. The van der Waals surface area contributed by atoms with Crippen molar-refractivity contribution in [1.29, 1.82) is 0 Å². The minimum absolute atomic E-state index is 0.446. The van der Waals surface area contributed by atoms with Crippen molar-refractivity contribution in [3.8, 4) is 10.7 Å². The normalized spacial score (nSPS) is 11.3. The minimum Gasteiger partial charge on any atom is -0.463 e. The second-order valence-electron chi connectivity index (χ2n) is 3.40. The maximum Gasteiger partial charge on any atom is 0.216 e. The van der Waals surface area contributed by atoms with Gasteiger partial charge in [-0.05, 0) is 35.8 Å². The van der Waals surface area contributed by atoms with Crippen LogP contribution in [-0.4, -0.2) is 21.1 Å². The zero-order chi connectivity index (χ0) is 12.4. The van der Waals surface area contributed by atoms with Gasteiger partial charge in [-0.2, -0.15) is 14.9 Å². The molecule has 0 aromatic carbocycles. The van der Waals surface area contributed by atoms with Gasteiger partial charge in [0.1, 0.15) is 5.76 Å². The van der Waals surface area contributed by atoms with Crippen molar-refractivity contribution in [3.05, 3.63) is 46.4 Å². The maximum atomic E-state index is 5.18. The third-order valence-electron chi connectivity index (χ3n) is 2.24. The fourth-order valence-corrected chi connectivity index (χ4v) is 2.32. The second-order valence-corrected chi connectivity index (χ2v) is 4.74. The largest absolute Gasteiger partial charge is 0.463 e. The first kappa shape index (κ1) is 11.1. The molecule has 0 aliphatic heterocycles. The summed E-state index contributed by atoms with van der Waals surface area (Å²) < 4.78 is 7.20. The number of nitrogens with zero attached hydrogens (tertiary/aromatic N) is 3. The summed E-state index contributed by atoms with van der Waals surface area (Å²) in [5.74, 6) is 1.35. The van der Waals surface area contributed by atoms with Crippen LogP contribution in [0.2, 0.25) is 0 Å². The number of furan rings is 1. The molecule has 0 radical (unpaired) electrons. The van der Waals surface area contributed by atoms with Crippen molar-refractivity contribution in [3.63, 3.8) is 0 Å². The number of aromatic amines is 1. The summed E-state index contributed by atoms with van der Waals surface area (Å²) in [7, 11) is 0. The minimum atomic E-state index is 0.446. The highest BCUT2D eigenvalue weighted by atomic mass is 32.1. The molecule has 3 aromatic rings. The van der Waals surface area contributed by atoms with E-state index in [0.717, 1.165) is 4.88 Å². The van der Waals surface area contributed by atoms with Crippen LogP contribution in [-0.2, 0) is 0 Å². The second kappa shape index (κ2) is 4.71. The lowest BCUT2D eigenvalue weighted by molar-refractivity contribution is 0.559. The molecule has 18 heavy (non-hydrogen) atoms. The Labute approximate surface area is 111 Å². The highest BCUT2D eigenvalue weighted by molar-refractivity contribution is 7.71. The molecule has 3 aromatic heterocycles. The Morgan fingerprint density at radius 3 is 3.11 bits per heavy atom. The van der Waals surface area contributed by atoms with Gasteiger partial charge in [0.15, 0.2) is 5.82 Å². The average Bonchev–Trinajstić information content (AvgIpc) is 3.08. The van der Waals surface area contributed by atoms with Crippen molar-refractivity contribution in [1.82, 2.24) is 14.9 Å². The van der Waals surface area contributed by atoms with Gasteiger partial charge < -0.3 is 4.42 Å². The summed E-state index contributed by atoms with van der Waals surface area (Å²) in [6, 6.07) is 7.54. The number of aromatic nitrogens is 3. The van der Waals surface area contributed by atoms with E-state index in [4.69, 9.17) is 16.6 Å². The van der Waals surface area contributed by atoms with E-state index >= 15 is 0 Å². The lowest BCUT2D eigenvalue weighted by Gasteiger charge is -1.96. The Hall–Kier alpha value is -1.99. The summed E-state index contributed by atoms with van der Waals surface area (Å²) in [6.45, 7) is 0. The standard InChI is InChI=1S/C11H8N4OS2/c17-11-14-13-10(9-4-2-6-18-9)15(11)12-7-8-3-1-5-16-8/h1-7H,(H,14,17)/b12-7+. The monoisotopic (exact) mass is 276 g/mol. The lowest BCUT2D eigenvalue weighted by atomic mass is 10.4. The van der Waals surface area contributed by atoms with E-state index in [1.165, 1.54) is 0 Å². The fourth-order valence-electron chi connectivity index (χ4n) is 1.44. The summed E-state index contributed by atoms with van der Waals surface area (Å²) in [4.78, 5) is 0.999. The Balaban J connectivity index is 2.02. The quantitative estimate of drug-likeness (QED) is 0.590. The first-order valence-electron chi connectivity index (χ1n) is 5.14. The first-order valence-corrected chi connectivity index (χ1v) is 6.42. The molecule has 1 N–H and O–H groups in total. The molecule has 0 fully saturated rings. The zero-order valence-electron chi connectivity index (χ0n) is 9.11. The molecule has 0 aliphatic rings. The molecule has 3 rings (SSSR count). The Bertz CT molecular complexity index is 707. The predicted molar refractivity (Wildman–Crippen MR) is 72.4 cm³/mol. The topological polar surface area (TPSA) is 59.1 Å². The van der Waals surface area contributed by atoms with Crippen molar-refractivity contribution in [2.75, 3.05) is 0 Å². The molecular weight excluding hydrogens is 268 g/mol. The number of hydrogen-bond acceptors (Lipinski definition) is 5. The van der Waals surface area contributed by atoms with E-state index in [-0.39, 0.29) is 0 Å². The van der Waals surface area contributed by atoms with Crippen LogP contribution < -0.4 is 0 Å². The molecule has 0 amide bonds. The molecule has 0 saturated heterocycles. The van der Waals surface area contributed by atoms with Gasteiger partial charge in [0.25, 0.3) is 0 Å². The van der Waals surface area contributed by atoms with Crippen LogP contribution >= 0.6 is 23.6 Å². The Kier molecular flexibility index (Phi) is 2.91. The molecule has 0 bridgehead atoms. The van der Waals surface area contributed by atoms with Crippen molar-refractivity contribution < 1.29 is 4.42 Å². The molecule has 0 aliphatic carbocycles. The van der Waals surface area contributed by atoms with Crippen LogP contribution in [0.25, 0.3) is 10.7 Å². The van der Waals surface area contributed by atoms with Gasteiger partial charge in [0.2, 0.25) is 4.77 Å². The van der Waals surface area contributed by atoms with Gasteiger partial charge >= 0.3 is 0 Å². The predicted octanol–water partition coefficient (Wildman–Crippen LogP) is 3.14. The Morgan fingerprint density at radius 2 is 2.39 bits per heavy atom. The lowest BCUT2D eigenvalue weighted by Crippen LogP contribution is -1.93. The number of nitrogens with one attached hydrogen (secondary N) is 1. The van der Waals surface area contributed by atoms with E-state index in [2.05, 4.69) is 15.3 Å². The molecule has 7 heteroatoms. The molecule has 0 spiro atoms. The molecule has 0 atom stereocenters. The number of H-pyrrole nitrogens is 1. The number of thiophene rings is 1. The van der Waals surface area contributed by atoms with Gasteiger partial charge in [-0.15, -0.1) is 11.3 Å². The van der Waals surface area contributed by atoms with Crippen LogP contribution in [0.15, 0.2) is 45.4 Å². The van der Waals surface area contributed by atoms with E-state index in [0.29, 0.717) is 16.4 Å². The fraction of sp³-hybridized carbons (Fsp3) is 0. The summed E-state index contributed by atoms with van der Waals surface area (Å²) in [5, 5.41) is 13.2. The molecule has 5 nitrogen and oxygen atoms in total.